The highest BCUT2D eigenvalue weighted by atomic mass is 32.2. The molecule has 1 N–H and O–H groups in total. The Morgan fingerprint density at radius 1 is 1.50 bits per heavy atom. The summed E-state index contributed by atoms with van der Waals surface area (Å²) in [5.41, 5.74) is 0. The summed E-state index contributed by atoms with van der Waals surface area (Å²) in [5.74, 6) is 1.31. The van der Waals surface area contributed by atoms with Crippen molar-refractivity contribution < 1.29 is 0 Å². The molecule has 0 spiro atoms. The molecular formula is C9H20N2S. The van der Waals surface area contributed by atoms with Gasteiger partial charge in [-0.3, -0.25) is 0 Å². The highest BCUT2D eigenvalue weighted by Crippen LogP contribution is 2.17. The summed E-state index contributed by atoms with van der Waals surface area (Å²) in [4.78, 5) is 2.56. The van der Waals surface area contributed by atoms with Crippen molar-refractivity contribution in [1.82, 2.24) is 10.2 Å². The Kier molecular flexibility index (Phi) is 5.04. The first-order valence-electron chi connectivity index (χ1n) is 4.81. The Morgan fingerprint density at radius 3 is 3.08 bits per heavy atom. The van der Waals surface area contributed by atoms with Crippen molar-refractivity contribution >= 4 is 11.8 Å². The predicted molar refractivity (Wildman–Crippen MR) is 56.9 cm³/mol. The molecule has 0 aromatic rings. The van der Waals surface area contributed by atoms with E-state index in [9.17, 15) is 0 Å². The van der Waals surface area contributed by atoms with E-state index in [2.05, 4.69) is 28.9 Å². The van der Waals surface area contributed by atoms with Crippen molar-refractivity contribution in [1.29, 1.82) is 0 Å². The van der Waals surface area contributed by atoms with Gasteiger partial charge in [-0.25, -0.2) is 0 Å². The second-order valence-corrected chi connectivity index (χ2v) is 4.96. The van der Waals surface area contributed by atoms with Crippen molar-refractivity contribution in [2.75, 3.05) is 39.0 Å². The Bertz CT molecular complexity index is 117. The van der Waals surface area contributed by atoms with Gasteiger partial charge in [0.05, 0.1) is 0 Å². The molecule has 1 unspecified atom stereocenters. The number of hydrogen-bond acceptors (Lipinski definition) is 3. The Morgan fingerprint density at radius 2 is 2.33 bits per heavy atom. The van der Waals surface area contributed by atoms with Gasteiger partial charge in [-0.15, -0.1) is 0 Å². The van der Waals surface area contributed by atoms with Crippen molar-refractivity contribution in [3.05, 3.63) is 0 Å². The van der Waals surface area contributed by atoms with Gasteiger partial charge in [0, 0.05) is 30.6 Å². The standard InChI is InChI=1S/C9H20N2S/c1-9-3-5-11(6-4-10-2)7-8-12-9/h9-10H,3-8H2,1-2H3. The van der Waals surface area contributed by atoms with Crippen LogP contribution in [-0.4, -0.2) is 49.1 Å². The molecular weight excluding hydrogens is 168 g/mol. The molecule has 0 saturated carbocycles. The van der Waals surface area contributed by atoms with Gasteiger partial charge in [-0.1, -0.05) is 6.92 Å². The van der Waals surface area contributed by atoms with Crippen LogP contribution in [0.3, 0.4) is 0 Å². The quantitative estimate of drug-likeness (QED) is 0.712. The summed E-state index contributed by atoms with van der Waals surface area (Å²) < 4.78 is 0. The predicted octanol–water partition coefficient (Wildman–Crippen LogP) is 1.03. The molecule has 1 aliphatic rings. The molecule has 1 heterocycles. The zero-order chi connectivity index (χ0) is 8.81. The molecule has 0 radical (unpaired) electrons. The number of rotatable bonds is 3. The van der Waals surface area contributed by atoms with Gasteiger partial charge in [0.1, 0.15) is 0 Å². The molecule has 0 aromatic heterocycles. The van der Waals surface area contributed by atoms with E-state index in [-0.39, 0.29) is 0 Å². The number of thioether (sulfide) groups is 1. The average Bonchev–Trinajstić information content (AvgIpc) is 2.27. The van der Waals surface area contributed by atoms with Crippen LogP contribution in [-0.2, 0) is 0 Å². The zero-order valence-electron chi connectivity index (χ0n) is 8.18. The normalized spacial score (nSPS) is 27.0. The first-order valence-corrected chi connectivity index (χ1v) is 5.86. The van der Waals surface area contributed by atoms with Crippen LogP contribution in [0.2, 0.25) is 0 Å². The number of nitrogens with one attached hydrogen (secondary N) is 1. The minimum Gasteiger partial charge on any atom is -0.318 e. The van der Waals surface area contributed by atoms with E-state index < -0.39 is 0 Å². The third kappa shape index (κ3) is 3.78. The Balaban J connectivity index is 2.17. The maximum Gasteiger partial charge on any atom is 0.0107 e. The van der Waals surface area contributed by atoms with Crippen LogP contribution in [0.5, 0.6) is 0 Å². The van der Waals surface area contributed by atoms with E-state index in [4.69, 9.17) is 0 Å². The summed E-state index contributed by atoms with van der Waals surface area (Å²) >= 11 is 2.11. The van der Waals surface area contributed by atoms with E-state index in [0.717, 1.165) is 11.8 Å². The molecule has 2 nitrogen and oxygen atoms in total. The second kappa shape index (κ2) is 5.84. The fraction of sp³-hybridized carbons (Fsp3) is 1.00. The lowest BCUT2D eigenvalue weighted by Gasteiger charge is -2.18. The monoisotopic (exact) mass is 188 g/mol. The van der Waals surface area contributed by atoms with Gasteiger partial charge in [-0.05, 0) is 20.0 Å². The van der Waals surface area contributed by atoms with Crippen molar-refractivity contribution in [2.24, 2.45) is 0 Å². The summed E-state index contributed by atoms with van der Waals surface area (Å²) in [7, 11) is 2.02. The number of likely N-dealkylation sites (N-methyl/N-ethyl adjacent to an activating group) is 1. The van der Waals surface area contributed by atoms with Crippen LogP contribution < -0.4 is 5.32 Å². The van der Waals surface area contributed by atoms with E-state index >= 15 is 0 Å². The first-order chi connectivity index (χ1) is 5.83. The SMILES string of the molecule is CNCCN1CCSC(C)CC1. The third-order valence-corrected chi connectivity index (χ3v) is 3.56. The lowest BCUT2D eigenvalue weighted by Crippen LogP contribution is -2.32. The molecule has 0 bridgehead atoms. The van der Waals surface area contributed by atoms with Gasteiger partial charge in [0.2, 0.25) is 0 Å². The summed E-state index contributed by atoms with van der Waals surface area (Å²) in [6, 6.07) is 0. The van der Waals surface area contributed by atoms with Gasteiger partial charge < -0.3 is 10.2 Å². The van der Waals surface area contributed by atoms with Crippen LogP contribution in [0.25, 0.3) is 0 Å². The summed E-state index contributed by atoms with van der Waals surface area (Å²) in [5, 5.41) is 4.06. The number of hydrogen-bond donors (Lipinski definition) is 1. The molecule has 1 aliphatic heterocycles. The minimum atomic E-state index is 0.865. The lowest BCUT2D eigenvalue weighted by atomic mass is 10.3. The molecule has 1 saturated heterocycles. The molecule has 1 rings (SSSR count). The van der Waals surface area contributed by atoms with E-state index in [1.54, 1.807) is 0 Å². The Labute approximate surface area is 80.1 Å². The van der Waals surface area contributed by atoms with Gasteiger partial charge in [-0.2, -0.15) is 11.8 Å². The van der Waals surface area contributed by atoms with Crippen LogP contribution in [0, 0.1) is 0 Å². The first kappa shape index (κ1) is 10.4. The van der Waals surface area contributed by atoms with Crippen LogP contribution in [0.15, 0.2) is 0 Å². The second-order valence-electron chi connectivity index (χ2n) is 3.42. The van der Waals surface area contributed by atoms with E-state index in [0.29, 0.717) is 0 Å². The molecule has 72 valence electrons. The van der Waals surface area contributed by atoms with E-state index in [1.807, 2.05) is 7.05 Å². The smallest absolute Gasteiger partial charge is 0.0107 e. The van der Waals surface area contributed by atoms with Crippen LogP contribution >= 0.6 is 11.8 Å². The van der Waals surface area contributed by atoms with Gasteiger partial charge in [0.25, 0.3) is 0 Å². The molecule has 1 fully saturated rings. The summed E-state index contributed by atoms with van der Waals surface area (Å²) in [6.07, 6.45) is 1.36. The molecule has 0 aromatic carbocycles. The minimum absolute atomic E-state index is 0.865. The molecule has 1 atom stereocenters. The van der Waals surface area contributed by atoms with E-state index in [1.165, 1.54) is 31.8 Å². The van der Waals surface area contributed by atoms with Crippen molar-refractivity contribution in [2.45, 2.75) is 18.6 Å². The van der Waals surface area contributed by atoms with Gasteiger partial charge in [0.15, 0.2) is 0 Å². The molecule has 12 heavy (non-hydrogen) atoms. The molecule has 0 aliphatic carbocycles. The van der Waals surface area contributed by atoms with Crippen LogP contribution in [0.4, 0.5) is 0 Å². The third-order valence-electron chi connectivity index (χ3n) is 2.34. The largest absolute Gasteiger partial charge is 0.318 e. The highest BCUT2D eigenvalue weighted by Gasteiger charge is 2.12. The fourth-order valence-corrected chi connectivity index (χ4v) is 2.47. The van der Waals surface area contributed by atoms with Crippen molar-refractivity contribution in [3.8, 4) is 0 Å². The Hall–Kier alpha value is 0.270. The zero-order valence-corrected chi connectivity index (χ0v) is 8.99. The maximum atomic E-state index is 3.20. The summed E-state index contributed by atoms with van der Waals surface area (Å²) in [6.45, 7) is 7.24. The lowest BCUT2D eigenvalue weighted by molar-refractivity contribution is 0.293. The molecule has 0 amide bonds. The van der Waals surface area contributed by atoms with Crippen molar-refractivity contribution in [3.63, 3.8) is 0 Å². The average molecular weight is 188 g/mol. The number of nitrogens with zero attached hydrogens (tertiary/aromatic N) is 1. The maximum absolute atomic E-state index is 3.20. The highest BCUT2D eigenvalue weighted by molar-refractivity contribution is 7.99. The van der Waals surface area contributed by atoms with Crippen LogP contribution in [0.1, 0.15) is 13.3 Å². The topological polar surface area (TPSA) is 15.3 Å². The van der Waals surface area contributed by atoms with Gasteiger partial charge >= 0.3 is 0 Å². The fourth-order valence-electron chi connectivity index (χ4n) is 1.44. The molecule has 3 heteroatoms.